The minimum Gasteiger partial charge on any atom is -0.325 e. The van der Waals surface area contributed by atoms with Gasteiger partial charge in [0.2, 0.25) is 0 Å². The fraction of sp³-hybridized carbons (Fsp3) is 0.700. The molecule has 4 heteroatoms. The van der Waals surface area contributed by atoms with E-state index >= 15 is 0 Å². The maximum absolute atomic E-state index is 5.55. The van der Waals surface area contributed by atoms with Gasteiger partial charge >= 0.3 is 0 Å². The van der Waals surface area contributed by atoms with Crippen LogP contribution >= 0.6 is 11.3 Å². The molecule has 1 aliphatic heterocycles. The number of nitrogens with zero attached hydrogens (tertiary/aromatic N) is 2. The molecule has 78 valence electrons. The van der Waals surface area contributed by atoms with E-state index in [0.717, 1.165) is 5.69 Å². The predicted molar refractivity (Wildman–Crippen MR) is 59.5 cm³/mol. The summed E-state index contributed by atoms with van der Waals surface area (Å²) in [6.45, 7) is 2.97. The number of nitrogens with two attached hydrogens (primary N) is 1. The molecule has 0 unspecified atom stereocenters. The number of hydrogen-bond donors (Lipinski definition) is 1. The molecule has 0 aromatic carbocycles. The maximum atomic E-state index is 5.55. The van der Waals surface area contributed by atoms with E-state index in [2.05, 4.69) is 22.3 Å². The lowest BCUT2D eigenvalue weighted by atomic mass is 9.98. The summed E-state index contributed by atoms with van der Waals surface area (Å²) in [5, 5.41) is 3.38. The predicted octanol–water partition coefficient (Wildman–Crippen LogP) is 1.41. The van der Waals surface area contributed by atoms with Gasteiger partial charge in [-0.15, -0.1) is 11.3 Å². The minimum absolute atomic E-state index is 0.573. The van der Waals surface area contributed by atoms with Crippen molar-refractivity contribution in [3.05, 3.63) is 16.1 Å². The number of thiazole rings is 1. The van der Waals surface area contributed by atoms with Crippen LogP contribution in [0.3, 0.4) is 0 Å². The van der Waals surface area contributed by atoms with E-state index in [9.17, 15) is 0 Å². The molecule has 2 rings (SSSR count). The first-order chi connectivity index (χ1) is 6.79. The zero-order valence-electron chi connectivity index (χ0n) is 8.57. The number of aromatic nitrogens is 1. The molecule has 0 radical (unpaired) electrons. The van der Waals surface area contributed by atoms with E-state index in [1.807, 2.05) is 0 Å². The van der Waals surface area contributed by atoms with Crippen LogP contribution in [0.2, 0.25) is 0 Å². The normalized spacial score (nSPS) is 20.1. The molecule has 1 saturated heterocycles. The Balaban J connectivity index is 2.01. The van der Waals surface area contributed by atoms with E-state index in [-0.39, 0.29) is 0 Å². The average Bonchev–Trinajstić information content (AvgIpc) is 2.67. The van der Waals surface area contributed by atoms with Crippen molar-refractivity contribution in [2.24, 2.45) is 5.73 Å². The van der Waals surface area contributed by atoms with E-state index in [1.165, 1.54) is 30.9 Å². The number of hydrogen-bond acceptors (Lipinski definition) is 4. The summed E-state index contributed by atoms with van der Waals surface area (Å²) in [7, 11) is 2.18. The number of rotatable bonds is 2. The average molecular weight is 211 g/mol. The molecule has 1 aromatic heterocycles. The highest BCUT2D eigenvalue weighted by Gasteiger charge is 2.20. The fourth-order valence-corrected chi connectivity index (χ4v) is 2.86. The molecule has 0 amide bonds. The second-order valence-electron chi connectivity index (χ2n) is 3.96. The first-order valence-corrected chi connectivity index (χ1v) is 6.00. The first-order valence-electron chi connectivity index (χ1n) is 5.12. The van der Waals surface area contributed by atoms with Crippen LogP contribution in [0, 0.1) is 0 Å². The standard InChI is InChI=1S/C10H17N3S/c1-13-4-2-8(3-5-13)10-12-9(6-11)7-14-10/h7-8H,2-6,11H2,1H3. The van der Waals surface area contributed by atoms with Gasteiger partial charge in [-0.2, -0.15) is 0 Å². The quantitative estimate of drug-likeness (QED) is 0.804. The largest absolute Gasteiger partial charge is 0.325 e. The monoisotopic (exact) mass is 211 g/mol. The van der Waals surface area contributed by atoms with Crippen LogP contribution in [0.15, 0.2) is 5.38 Å². The number of likely N-dealkylation sites (tertiary alicyclic amines) is 1. The molecule has 0 spiro atoms. The summed E-state index contributed by atoms with van der Waals surface area (Å²) >= 11 is 1.77. The Bertz CT molecular complexity index is 289. The van der Waals surface area contributed by atoms with Crippen LogP contribution in [0.1, 0.15) is 29.5 Å². The van der Waals surface area contributed by atoms with Crippen LogP contribution in [0.25, 0.3) is 0 Å². The third-order valence-corrected chi connectivity index (χ3v) is 3.90. The lowest BCUT2D eigenvalue weighted by molar-refractivity contribution is 0.255. The molecular formula is C10H17N3S. The molecule has 0 saturated carbocycles. The summed E-state index contributed by atoms with van der Waals surface area (Å²) < 4.78 is 0. The van der Waals surface area contributed by atoms with E-state index < -0.39 is 0 Å². The Morgan fingerprint density at radius 2 is 2.29 bits per heavy atom. The third-order valence-electron chi connectivity index (χ3n) is 2.85. The molecule has 1 aromatic rings. The second kappa shape index (κ2) is 4.38. The summed E-state index contributed by atoms with van der Waals surface area (Å²) in [4.78, 5) is 6.94. The summed E-state index contributed by atoms with van der Waals surface area (Å²) in [6.07, 6.45) is 2.49. The van der Waals surface area contributed by atoms with Crippen molar-refractivity contribution in [3.63, 3.8) is 0 Å². The lowest BCUT2D eigenvalue weighted by Crippen LogP contribution is -2.29. The molecule has 0 aliphatic carbocycles. The smallest absolute Gasteiger partial charge is 0.0960 e. The Morgan fingerprint density at radius 3 is 2.86 bits per heavy atom. The Labute approximate surface area is 88.9 Å². The van der Waals surface area contributed by atoms with Gasteiger partial charge in [-0.1, -0.05) is 0 Å². The van der Waals surface area contributed by atoms with Crippen molar-refractivity contribution in [2.75, 3.05) is 20.1 Å². The summed E-state index contributed by atoms with van der Waals surface area (Å²) in [5.41, 5.74) is 6.60. The molecule has 2 heterocycles. The van der Waals surface area contributed by atoms with E-state index in [0.29, 0.717) is 12.5 Å². The van der Waals surface area contributed by atoms with Crippen LogP contribution in [-0.4, -0.2) is 30.0 Å². The van der Waals surface area contributed by atoms with Gasteiger partial charge in [-0.05, 0) is 33.0 Å². The SMILES string of the molecule is CN1CCC(c2nc(CN)cs2)CC1. The first kappa shape index (κ1) is 10.1. The Hall–Kier alpha value is -0.450. The van der Waals surface area contributed by atoms with Crippen molar-refractivity contribution < 1.29 is 0 Å². The molecule has 3 nitrogen and oxygen atoms in total. The third kappa shape index (κ3) is 2.13. The molecule has 0 atom stereocenters. The van der Waals surface area contributed by atoms with Crippen LogP contribution in [0.5, 0.6) is 0 Å². The van der Waals surface area contributed by atoms with Gasteiger partial charge in [-0.3, -0.25) is 0 Å². The van der Waals surface area contributed by atoms with E-state index in [1.54, 1.807) is 11.3 Å². The van der Waals surface area contributed by atoms with Gasteiger partial charge in [0.25, 0.3) is 0 Å². The zero-order chi connectivity index (χ0) is 9.97. The summed E-state index contributed by atoms with van der Waals surface area (Å²) in [6, 6.07) is 0. The highest BCUT2D eigenvalue weighted by Crippen LogP contribution is 2.29. The van der Waals surface area contributed by atoms with Gasteiger partial charge in [0, 0.05) is 17.8 Å². The van der Waals surface area contributed by atoms with Gasteiger partial charge in [0.1, 0.15) is 0 Å². The lowest BCUT2D eigenvalue weighted by Gasteiger charge is -2.27. The number of piperidine rings is 1. The van der Waals surface area contributed by atoms with Gasteiger partial charge in [-0.25, -0.2) is 4.98 Å². The van der Waals surface area contributed by atoms with Crippen molar-refractivity contribution >= 4 is 11.3 Å². The van der Waals surface area contributed by atoms with Crippen LogP contribution in [-0.2, 0) is 6.54 Å². The maximum Gasteiger partial charge on any atom is 0.0960 e. The van der Waals surface area contributed by atoms with Crippen LogP contribution in [0.4, 0.5) is 0 Å². The van der Waals surface area contributed by atoms with Crippen molar-refractivity contribution in [1.82, 2.24) is 9.88 Å². The molecule has 14 heavy (non-hydrogen) atoms. The van der Waals surface area contributed by atoms with E-state index in [4.69, 9.17) is 5.73 Å². The van der Waals surface area contributed by atoms with Gasteiger partial charge < -0.3 is 10.6 Å². The molecule has 1 aliphatic rings. The molecule has 0 bridgehead atoms. The van der Waals surface area contributed by atoms with Crippen molar-refractivity contribution in [1.29, 1.82) is 0 Å². The fourth-order valence-electron chi connectivity index (χ4n) is 1.86. The zero-order valence-corrected chi connectivity index (χ0v) is 9.39. The second-order valence-corrected chi connectivity index (χ2v) is 4.85. The molecule has 2 N–H and O–H groups in total. The highest BCUT2D eigenvalue weighted by molar-refractivity contribution is 7.09. The van der Waals surface area contributed by atoms with Crippen molar-refractivity contribution in [3.8, 4) is 0 Å². The molecule has 1 fully saturated rings. The topological polar surface area (TPSA) is 42.2 Å². The summed E-state index contributed by atoms with van der Waals surface area (Å²) in [5.74, 6) is 0.677. The highest BCUT2D eigenvalue weighted by atomic mass is 32.1. The van der Waals surface area contributed by atoms with Gasteiger partial charge in [0.15, 0.2) is 0 Å². The molecular weight excluding hydrogens is 194 g/mol. The Kier molecular flexibility index (Phi) is 3.15. The van der Waals surface area contributed by atoms with Crippen LogP contribution < -0.4 is 5.73 Å². The van der Waals surface area contributed by atoms with Crippen molar-refractivity contribution in [2.45, 2.75) is 25.3 Å². The Morgan fingerprint density at radius 1 is 1.57 bits per heavy atom. The minimum atomic E-state index is 0.573. The van der Waals surface area contributed by atoms with Gasteiger partial charge in [0.05, 0.1) is 10.7 Å².